The molecule has 1 rings (SSSR count). The van der Waals surface area contributed by atoms with Crippen molar-refractivity contribution in [1.29, 1.82) is 0 Å². The monoisotopic (exact) mass is 281 g/mol. The van der Waals surface area contributed by atoms with E-state index in [0.29, 0.717) is 6.04 Å². The maximum Gasteiger partial charge on any atom is 0.373 e. The number of rotatable bonds is 8. The van der Waals surface area contributed by atoms with E-state index in [0.717, 1.165) is 18.7 Å². The Morgan fingerprint density at radius 1 is 1.35 bits per heavy atom. The first-order valence-electron chi connectivity index (χ1n) is 7.48. The molecule has 0 aliphatic rings. The lowest BCUT2D eigenvalue weighted by Gasteiger charge is -2.33. The number of hydrogen-bond donors (Lipinski definition) is 0. The zero-order valence-corrected chi connectivity index (χ0v) is 13.3. The van der Waals surface area contributed by atoms with Gasteiger partial charge in [-0.05, 0) is 45.4 Å². The van der Waals surface area contributed by atoms with Crippen LogP contribution in [0.5, 0.6) is 0 Å². The predicted molar refractivity (Wildman–Crippen MR) is 79.8 cm³/mol. The first kappa shape index (κ1) is 16.8. The quantitative estimate of drug-likeness (QED) is 0.675. The summed E-state index contributed by atoms with van der Waals surface area (Å²) in [6.45, 7) is 9.79. The summed E-state index contributed by atoms with van der Waals surface area (Å²) in [7, 11) is 1.36. The van der Waals surface area contributed by atoms with Gasteiger partial charge in [-0.15, -0.1) is 0 Å². The molecule has 0 N–H and O–H groups in total. The van der Waals surface area contributed by atoms with Gasteiger partial charge in [0.1, 0.15) is 5.76 Å². The van der Waals surface area contributed by atoms with E-state index in [4.69, 9.17) is 4.42 Å². The molecule has 1 aromatic heterocycles. The molecule has 0 radical (unpaired) electrons. The van der Waals surface area contributed by atoms with Crippen LogP contribution in [0.1, 0.15) is 69.3 Å². The highest BCUT2D eigenvalue weighted by Crippen LogP contribution is 2.26. The fourth-order valence-corrected chi connectivity index (χ4v) is 2.32. The first-order valence-corrected chi connectivity index (χ1v) is 7.48. The Hall–Kier alpha value is -1.29. The zero-order valence-electron chi connectivity index (χ0n) is 13.3. The first-order chi connectivity index (χ1) is 9.54. The normalized spacial score (nSPS) is 14.3. The summed E-state index contributed by atoms with van der Waals surface area (Å²) < 4.78 is 10.3. The highest BCUT2D eigenvalue weighted by Gasteiger charge is 2.23. The van der Waals surface area contributed by atoms with Gasteiger partial charge >= 0.3 is 5.97 Å². The topological polar surface area (TPSA) is 42.7 Å². The third-order valence-corrected chi connectivity index (χ3v) is 3.85. The van der Waals surface area contributed by atoms with E-state index < -0.39 is 5.97 Å². The second-order valence-corrected chi connectivity index (χ2v) is 5.22. The van der Waals surface area contributed by atoms with Crippen molar-refractivity contribution in [3.63, 3.8) is 0 Å². The zero-order chi connectivity index (χ0) is 15.1. The number of hydrogen-bond acceptors (Lipinski definition) is 4. The van der Waals surface area contributed by atoms with E-state index in [9.17, 15) is 4.79 Å². The Balaban J connectivity index is 2.85. The molecule has 1 heterocycles. The van der Waals surface area contributed by atoms with Crippen LogP contribution >= 0.6 is 0 Å². The third-order valence-electron chi connectivity index (χ3n) is 3.85. The van der Waals surface area contributed by atoms with Crippen LogP contribution in [0.25, 0.3) is 0 Å². The number of esters is 1. The molecule has 20 heavy (non-hydrogen) atoms. The van der Waals surface area contributed by atoms with Gasteiger partial charge in [0.2, 0.25) is 5.76 Å². The van der Waals surface area contributed by atoms with Crippen molar-refractivity contribution in [2.45, 2.75) is 59.0 Å². The molecule has 1 aromatic rings. The van der Waals surface area contributed by atoms with Crippen molar-refractivity contribution < 1.29 is 13.9 Å². The van der Waals surface area contributed by atoms with Crippen LogP contribution in [0.2, 0.25) is 0 Å². The number of carbonyl (C=O) groups is 1. The fraction of sp³-hybridized carbons (Fsp3) is 0.688. The van der Waals surface area contributed by atoms with Gasteiger partial charge in [-0.25, -0.2) is 4.79 Å². The largest absolute Gasteiger partial charge is 0.463 e. The minimum atomic E-state index is -0.424. The molecular weight excluding hydrogens is 254 g/mol. The van der Waals surface area contributed by atoms with Crippen LogP contribution in [0.3, 0.4) is 0 Å². The molecule has 0 aliphatic heterocycles. The minimum Gasteiger partial charge on any atom is -0.463 e. The molecule has 0 saturated carbocycles. The molecule has 0 bridgehead atoms. The molecule has 0 spiro atoms. The van der Waals surface area contributed by atoms with E-state index in [-0.39, 0.29) is 11.8 Å². The van der Waals surface area contributed by atoms with Gasteiger partial charge in [0.25, 0.3) is 0 Å². The van der Waals surface area contributed by atoms with Crippen molar-refractivity contribution in [3.8, 4) is 0 Å². The average molecular weight is 281 g/mol. The second kappa shape index (κ2) is 8.10. The summed E-state index contributed by atoms with van der Waals surface area (Å²) in [5.74, 6) is 0.669. The second-order valence-electron chi connectivity index (χ2n) is 5.22. The van der Waals surface area contributed by atoms with E-state index in [1.54, 1.807) is 6.07 Å². The summed E-state index contributed by atoms with van der Waals surface area (Å²) in [4.78, 5) is 13.9. The molecule has 4 heteroatoms. The maximum atomic E-state index is 11.5. The molecule has 2 atom stereocenters. The van der Waals surface area contributed by atoms with Crippen LogP contribution in [0.15, 0.2) is 16.5 Å². The summed E-state index contributed by atoms with van der Waals surface area (Å²) in [6.07, 6.45) is 3.43. The van der Waals surface area contributed by atoms with Gasteiger partial charge in [-0.1, -0.05) is 20.3 Å². The molecule has 114 valence electrons. The van der Waals surface area contributed by atoms with Gasteiger partial charge in [0, 0.05) is 6.04 Å². The molecule has 2 unspecified atom stereocenters. The molecule has 4 nitrogen and oxygen atoms in total. The van der Waals surface area contributed by atoms with Crippen LogP contribution in [0.4, 0.5) is 0 Å². The van der Waals surface area contributed by atoms with Crippen molar-refractivity contribution >= 4 is 5.97 Å². The highest BCUT2D eigenvalue weighted by atomic mass is 16.5. The Kier molecular flexibility index (Phi) is 6.79. The number of ether oxygens (including phenoxy) is 1. The highest BCUT2D eigenvalue weighted by molar-refractivity contribution is 5.86. The lowest BCUT2D eigenvalue weighted by molar-refractivity contribution is 0.0556. The van der Waals surface area contributed by atoms with Gasteiger partial charge < -0.3 is 9.15 Å². The Morgan fingerprint density at radius 2 is 2.05 bits per heavy atom. The third kappa shape index (κ3) is 4.10. The maximum absolute atomic E-state index is 11.5. The molecule has 0 aromatic carbocycles. The fourth-order valence-electron chi connectivity index (χ4n) is 2.32. The van der Waals surface area contributed by atoms with Crippen LogP contribution in [-0.4, -0.2) is 30.6 Å². The summed E-state index contributed by atoms with van der Waals surface area (Å²) >= 11 is 0. The lowest BCUT2D eigenvalue weighted by Crippen LogP contribution is -2.35. The molecule has 0 amide bonds. The average Bonchev–Trinajstić information content (AvgIpc) is 2.95. The van der Waals surface area contributed by atoms with E-state index in [2.05, 4.69) is 37.3 Å². The predicted octanol–water partition coefficient (Wildman–Crippen LogP) is 4.03. The van der Waals surface area contributed by atoms with Gasteiger partial charge in [0.15, 0.2) is 0 Å². The molecular formula is C16H27NO3. The van der Waals surface area contributed by atoms with Gasteiger partial charge in [-0.2, -0.15) is 0 Å². The molecule has 0 aliphatic carbocycles. The Bertz CT molecular complexity index is 414. The smallest absolute Gasteiger partial charge is 0.373 e. The Morgan fingerprint density at radius 3 is 2.60 bits per heavy atom. The molecule has 0 saturated heterocycles. The van der Waals surface area contributed by atoms with Crippen molar-refractivity contribution in [2.24, 2.45) is 0 Å². The van der Waals surface area contributed by atoms with Gasteiger partial charge in [-0.3, -0.25) is 4.90 Å². The van der Waals surface area contributed by atoms with Crippen LogP contribution < -0.4 is 0 Å². The van der Waals surface area contributed by atoms with E-state index in [1.165, 1.54) is 20.0 Å². The van der Waals surface area contributed by atoms with E-state index >= 15 is 0 Å². The van der Waals surface area contributed by atoms with Crippen LogP contribution in [0, 0.1) is 0 Å². The Labute approximate surface area is 122 Å². The van der Waals surface area contributed by atoms with Gasteiger partial charge in [0.05, 0.1) is 13.2 Å². The summed E-state index contributed by atoms with van der Waals surface area (Å²) in [6, 6.07) is 4.21. The standard InChI is InChI=1S/C16H27NO3/c1-6-8-11-17(12(3)7-2)13(4)14-9-10-15(20-14)16(18)19-5/h9-10,12-13H,6-8,11H2,1-5H3. The number of methoxy groups -OCH3 is 1. The lowest BCUT2D eigenvalue weighted by atomic mass is 10.1. The number of nitrogens with zero attached hydrogens (tertiary/aromatic N) is 1. The van der Waals surface area contributed by atoms with Crippen LogP contribution in [-0.2, 0) is 4.74 Å². The summed E-state index contributed by atoms with van der Waals surface area (Å²) in [5.41, 5.74) is 0. The number of carbonyl (C=O) groups excluding carboxylic acids is 1. The van der Waals surface area contributed by atoms with Crippen molar-refractivity contribution in [2.75, 3.05) is 13.7 Å². The van der Waals surface area contributed by atoms with Crippen molar-refractivity contribution in [3.05, 3.63) is 23.7 Å². The minimum absolute atomic E-state index is 0.162. The molecule has 0 fully saturated rings. The van der Waals surface area contributed by atoms with E-state index in [1.807, 2.05) is 6.07 Å². The number of unbranched alkanes of at least 4 members (excludes halogenated alkanes) is 1. The van der Waals surface area contributed by atoms with Crippen molar-refractivity contribution in [1.82, 2.24) is 4.90 Å². The number of furan rings is 1. The summed E-state index contributed by atoms with van der Waals surface area (Å²) in [5, 5.41) is 0. The SMILES string of the molecule is CCCCN(C(C)CC)C(C)c1ccc(C(=O)OC)o1.